The first-order chi connectivity index (χ1) is 7.90. The second kappa shape index (κ2) is 5.07. The van der Waals surface area contributed by atoms with E-state index in [1.807, 2.05) is 54.6 Å². The number of azo groups is 1. The summed E-state index contributed by atoms with van der Waals surface area (Å²) in [5.41, 5.74) is 1.56. The van der Waals surface area contributed by atoms with Gasteiger partial charge in [0.05, 0.1) is 12.8 Å². The van der Waals surface area contributed by atoms with Crippen LogP contribution in [0.1, 0.15) is 0 Å². The lowest BCUT2D eigenvalue weighted by Crippen LogP contribution is -1.81. The molecule has 0 saturated heterocycles. The summed E-state index contributed by atoms with van der Waals surface area (Å²) in [5.74, 6) is 0.724. The minimum absolute atomic E-state index is 0.724. The Morgan fingerprint density at radius 1 is 0.812 bits per heavy atom. The smallest absolute Gasteiger partial charge is 0.146 e. The Bertz CT molecular complexity index is 480. The van der Waals surface area contributed by atoms with Crippen LogP contribution in [0.4, 0.5) is 11.4 Å². The molecule has 0 bridgehead atoms. The number of hydrogen-bond donors (Lipinski definition) is 0. The zero-order valence-electron chi connectivity index (χ0n) is 9.00. The van der Waals surface area contributed by atoms with E-state index in [1.54, 1.807) is 7.11 Å². The Hall–Kier alpha value is -2.16. The largest absolute Gasteiger partial charge is 0.494 e. The molecule has 0 unspecified atom stereocenters. The Morgan fingerprint density at radius 3 is 2.25 bits per heavy atom. The molecule has 0 atom stereocenters. The summed E-state index contributed by atoms with van der Waals surface area (Å²) >= 11 is 0. The van der Waals surface area contributed by atoms with E-state index in [2.05, 4.69) is 10.2 Å². The lowest BCUT2D eigenvalue weighted by molar-refractivity contribution is 0.416. The van der Waals surface area contributed by atoms with Gasteiger partial charge in [0.25, 0.3) is 0 Å². The SMILES string of the molecule is COc1ccccc1N=Nc1ccccc1. The maximum Gasteiger partial charge on any atom is 0.146 e. The minimum Gasteiger partial charge on any atom is -0.494 e. The molecule has 0 aliphatic heterocycles. The van der Waals surface area contributed by atoms with Crippen LogP contribution in [0, 0.1) is 0 Å². The average Bonchev–Trinajstić information content (AvgIpc) is 2.38. The predicted molar refractivity (Wildman–Crippen MR) is 63.6 cm³/mol. The first-order valence-electron chi connectivity index (χ1n) is 5.00. The molecule has 0 amide bonds. The van der Waals surface area contributed by atoms with Gasteiger partial charge in [0.1, 0.15) is 11.4 Å². The number of para-hydroxylation sites is 1. The van der Waals surface area contributed by atoms with Crippen LogP contribution in [0.2, 0.25) is 0 Å². The van der Waals surface area contributed by atoms with Gasteiger partial charge >= 0.3 is 0 Å². The fraction of sp³-hybridized carbons (Fsp3) is 0.0769. The maximum absolute atomic E-state index is 5.18. The number of nitrogens with zero attached hydrogens (tertiary/aromatic N) is 2. The number of benzene rings is 2. The Balaban J connectivity index is 2.24. The molecule has 3 heteroatoms. The Morgan fingerprint density at radius 2 is 1.50 bits per heavy atom. The second-order valence-corrected chi connectivity index (χ2v) is 3.21. The van der Waals surface area contributed by atoms with Crippen LogP contribution in [0.25, 0.3) is 0 Å². The third-order valence-electron chi connectivity index (χ3n) is 2.11. The molecular formula is C13H12N2O. The second-order valence-electron chi connectivity index (χ2n) is 3.21. The van der Waals surface area contributed by atoms with Crippen molar-refractivity contribution in [1.82, 2.24) is 0 Å². The molecule has 0 aromatic heterocycles. The zero-order valence-corrected chi connectivity index (χ0v) is 9.00. The van der Waals surface area contributed by atoms with Gasteiger partial charge in [-0.25, -0.2) is 0 Å². The molecule has 0 aliphatic rings. The summed E-state index contributed by atoms with van der Waals surface area (Å²) in [6.45, 7) is 0. The van der Waals surface area contributed by atoms with Gasteiger partial charge in [-0.15, -0.1) is 5.11 Å². The van der Waals surface area contributed by atoms with Crippen LogP contribution in [-0.2, 0) is 0 Å². The molecule has 3 nitrogen and oxygen atoms in total. The highest BCUT2D eigenvalue weighted by molar-refractivity contribution is 5.51. The molecule has 0 heterocycles. The van der Waals surface area contributed by atoms with Gasteiger partial charge in [-0.1, -0.05) is 30.3 Å². The summed E-state index contributed by atoms with van der Waals surface area (Å²) in [4.78, 5) is 0. The van der Waals surface area contributed by atoms with E-state index in [-0.39, 0.29) is 0 Å². The normalized spacial score (nSPS) is 10.6. The molecule has 2 aromatic rings. The van der Waals surface area contributed by atoms with Crippen molar-refractivity contribution in [2.45, 2.75) is 0 Å². The molecule has 0 saturated carbocycles. The van der Waals surface area contributed by atoms with Gasteiger partial charge in [0.2, 0.25) is 0 Å². The standard InChI is InChI=1S/C13H12N2O/c1-16-13-10-6-5-9-12(13)15-14-11-7-3-2-4-8-11/h2-10H,1H3. The van der Waals surface area contributed by atoms with Crippen molar-refractivity contribution in [3.63, 3.8) is 0 Å². The molecule has 0 spiro atoms. The number of ether oxygens (including phenoxy) is 1. The van der Waals surface area contributed by atoms with Crippen LogP contribution >= 0.6 is 0 Å². The summed E-state index contributed by atoms with van der Waals surface area (Å²) in [6, 6.07) is 17.1. The van der Waals surface area contributed by atoms with Crippen LogP contribution in [0.15, 0.2) is 64.8 Å². The fourth-order valence-corrected chi connectivity index (χ4v) is 1.32. The molecule has 0 N–H and O–H groups in total. The number of methoxy groups -OCH3 is 1. The highest BCUT2D eigenvalue weighted by Crippen LogP contribution is 2.27. The van der Waals surface area contributed by atoms with E-state index < -0.39 is 0 Å². The van der Waals surface area contributed by atoms with Gasteiger partial charge in [-0.2, -0.15) is 5.11 Å². The predicted octanol–water partition coefficient (Wildman–Crippen LogP) is 4.11. The van der Waals surface area contributed by atoms with Crippen LogP contribution in [-0.4, -0.2) is 7.11 Å². The van der Waals surface area contributed by atoms with Crippen molar-refractivity contribution in [3.05, 3.63) is 54.6 Å². The highest BCUT2D eigenvalue weighted by Gasteiger charge is 1.98. The summed E-state index contributed by atoms with van der Waals surface area (Å²) < 4.78 is 5.18. The lowest BCUT2D eigenvalue weighted by Gasteiger charge is -2.01. The third kappa shape index (κ3) is 2.45. The molecule has 80 valence electrons. The van der Waals surface area contributed by atoms with E-state index in [9.17, 15) is 0 Å². The molecule has 0 radical (unpaired) electrons. The molecule has 2 rings (SSSR count). The van der Waals surface area contributed by atoms with Crippen molar-refractivity contribution in [1.29, 1.82) is 0 Å². The molecule has 0 aliphatic carbocycles. The van der Waals surface area contributed by atoms with E-state index in [1.165, 1.54) is 0 Å². The van der Waals surface area contributed by atoms with Gasteiger partial charge in [-0.3, -0.25) is 0 Å². The van der Waals surface area contributed by atoms with Crippen LogP contribution in [0.3, 0.4) is 0 Å². The van der Waals surface area contributed by atoms with Gasteiger partial charge in [-0.05, 0) is 24.3 Å². The van der Waals surface area contributed by atoms with E-state index in [4.69, 9.17) is 4.74 Å². The van der Waals surface area contributed by atoms with Crippen LogP contribution in [0.5, 0.6) is 5.75 Å². The van der Waals surface area contributed by atoms with E-state index in [0.717, 1.165) is 17.1 Å². The zero-order chi connectivity index (χ0) is 11.2. The average molecular weight is 212 g/mol. The number of rotatable bonds is 3. The van der Waals surface area contributed by atoms with Gasteiger partial charge < -0.3 is 4.74 Å². The topological polar surface area (TPSA) is 34.0 Å². The van der Waals surface area contributed by atoms with Crippen molar-refractivity contribution in [2.24, 2.45) is 10.2 Å². The summed E-state index contributed by atoms with van der Waals surface area (Å²) in [5, 5.41) is 8.28. The molecule has 2 aromatic carbocycles. The monoisotopic (exact) mass is 212 g/mol. The third-order valence-corrected chi connectivity index (χ3v) is 2.11. The van der Waals surface area contributed by atoms with Crippen molar-refractivity contribution < 1.29 is 4.74 Å². The minimum atomic E-state index is 0.724. The highest BCUT2D eigenvalue weighted by atomic mass is 16.5. The van der Waals surface area contributed by atoms with Crippen molar-refractivity contribution >= 4 is 11.4 Å². The van der Waals surface area contributed by atoms with Gasteiger partial charge in [0.15, 0.2) is 0 Å². The quantitative estimate of drug-likeness (QED) is 0.705. The molecule has 16 heavy (non-hydrogen) atoms. The van der Waals surface area contributed by atoms with Crippen molar-refractivity contribution in [2.75, 3.05) is 7.11 Å². The lowest BCUT2D eigenvalue weighted by atomic mass is 10.3. The Kier molecular flexibility index (Phi) is 3.28. The Labute approximate surface area is 94.4 Å². The fourth-order valence-electron chi connectivity index (χ4n) is 1.32. The molecular weight excluding hydrogens is 200 g/mol. The molecule has 0 fully saturated rings. The van der Waals surface area contributed by atoms with Crippen molar-refractivity contribution in [3.8, 4) is 5.75 Å². The maximum atomic E-state index is 5.18. The van der Waals surface area contributed by atoms with E-state index >= 15 is 0 Å². The first-order valence-corrected chi connectivity index (χ1v) is 5.00. The van der Waals surface area contributed by atoms with E-state index in [0.29, 0.717) is 0 Å². The first kappa shape index (κ1) is 10.4. The summed E-state index contributed by atoms with van der Waals surface area (Å²) in [6.07, 6.45) is 0. The number of hydrogen-bond acceptors (Lipinski definition) is 3. The van der Waals surface area contributed by atoms with Gasteiger partial charge in [0, 0.05) is 0 Å². The summed E-state index contributed by atoms with van der Waals surface area (Å²) in [7, 11) is 1.62. The van der Waals surface area contributed by atoms with Crippen LogP contribution < -0.4 is 4.74 Å².